The van der Waals surface area contributed by atoms with E-state index >= 15 is 0 Å². The highest BCUT2D eigenvalue weighted by Gasteiger charge is 2.29. The Labute approximate surface area is 214 Å². The summed E-state index contributed by atoms with van der Waals surface area (Å²) in [5.41, 5.74) is 10.1. The molecule has 0 fully saturated rings. The van der Waals surface area contributed by atoms with E-state index in [0.717, 1.165) is 28.8 Å². The summed E-state index contributed by atoms with van der Waals surface area (Å²) in [4.78, 5) is 38.6. The van der Waals surface area contributed by atoms with E-state index in [1.807, 2.05) is 19.2 Å². The van der Waals surface area contributed by atoms with Crippen LogP contribution in [0, 0.1) is 0 Å². The van der Waals surface area contributed by atoms with Gasteiger partial charge in [-0.3, -0.25) is 14.5 Å². The molecule has 0 bridgehead atoms. The van der Waals surface area contributed by atoms with Gasteiger partial charge in [-0.25, -0.2) is 4.79 Å². The molecule has 0 spiro atoms. The summed E-state index contributed by atoms with van der Waals surface area (Å²) in [7, 11) is 5.01. The lowest BCUT2D eigenvalue weighted by molar-refractivity contribution is 0.0696. The van der Waals surface area contributed by atoms with Gasteiger partial charge in [-0.1, -0.05) is 12.1 Å². The SMILES string of the molecule is COc1ccc(C(=O)NCc2cc(C(N)=O)ccc2C2c3ccc(C(=O)O)cc3CCN2C)cc1OC. The highest BCUT2D eigenvalue weighted by atomic mass is 16.5. The number of methoxy groups -OCH3 is 2. The number of aromatic carboxylic acids is 1. The average Bonchev–Trinajstić information content (AvgIpc) is 2.90. The summed E-state index contributed by atoms with van der Waals surface area (Å²) in [5, 5.41) is 12.3. The molecule has 0 radical (unpaired) electrons. The highest BCUT2D eigenvalue weighted by molar-refractivity contribution is 5.95. The van der Waals surface area contributed by atoms with Crippen LogP contribution < -0.4 is 20.5 Å². The van der Waals surface area contributed by atoms with E-state index in [9.17, 15) is 19.5 Å². The molecule has 3 aromatic carbocycles. The molecular formula is C28H29N3O6. The van der Waals surface area contributed by atoms with Crippen LogP contribution in [0.4, 0.5) is 0 Å². The lowest BCUT2D eigenvalue weighted by Crippen LogP contribution is -2.34. The topological polar surface area (TPSA) is 131 Å². The second-order valence-corrected chi connectivity index (χ2v) is 8.88. The van der Waals surface area contributed by atoms with Crippen molar-refractivity contribution in [2.24, 2.45) is 5.73 Å². The Morgan fingerprint density at radius 3 is 2.30 bits per heavy atom. The molecular weight excluding hydrogens is 474 g/mol. The number of nitrogens with one attached hydrogen (secondary N) is 1. The number of likely N-dealkylation sites (N-methyl/N-ethyl adjacent to an activating group) is 1. The molecule has 1 atom stereocenters. The van der Waals surface area contributed by atoms with Crippen LogP contribution in [0.5, 0.6) is 11.5 Å². The molecule has 37 heavy (non-hydrogen) atoms. The molecule has 1 heterocycles. The first-order chi connectivity index (χ1) is 17.7. The van der Waals surface area contributed by atoms with E-state index in [1.54, 1.807) is 42.5 Å². The van der Waals surface area contributed by atoms with Crippen molar-refractivity contribution < 1.29 is 29.0 Å². The number of carbonyl (C=O) groups excluding carboxylic acids is 2. The van der Waals surface area contributed by atoms with Gasteiger partial charge in [-0.15, -0.1) is 0 Å². The van der Waals surface area contributed by atoms with Crippen molar-refractivity contribution in [1.82, 2.24) is 10.2 Å². The number of hydrogen-bond acceptors (Lipinski definition) is 6. The number of nitrogens with zero attached hydrogens (tertiary/aromatic N) is 1. The number of benzene rings is 3. The van der Waals surface area contributed by atoms with E-state index in [2.05, 4.69) is 10.2 Å². The Hall–Kier alpha value is -4.37. The molecule has 192 valence electrons. The average molecular weight is 504 g/mol. The fourth-order valence-electron chi connectivity index (χ4n) is 4.72. The summed E-state index contributed by atoms with van der Waals surface area (Å²) in [6.07, 6.45) is 0.716. The molecule has 0 saturated heterocycles. The maximum atomic E-state index is 13.0. The molecule has 0 aromatic heterocycles. The Morgan fingerprint density at radius 2 is 1.62 bits per heavy atom. The molecule has 3 aromatic rings. The first-order valence-corrected chi connectivity index (χ1v) is 11.7. The molecule has 2 amide bonds. The number of carboxylic acid groups (broad SMARTS) is 1. The zero-order chi connectivity index (χ0) is 26.7. The molecule has 1 aliphatic rings. The largest absolute Gasteiger partial charge is 0.493 e. The van der Waals surface area contributed by atoms with Crippen molar-refractivity contribution in [3.63, 3.8) is 0 Å². The standard InChI is InChI=1S/C28H29N3O6/c1-31-11-10-16-12-19(28(34)35)5-8-21(16)25(31)22-7-4-17(26(29)32)13-20(22)15-30-27(33)18-6-9-23(36-2)24(14-18)37-3/h4-9,12-14,25H,10-11,15H2,1-3H3,(H2,29,32)(H,30,33)(H,34,35). The lowest BCUT2D eigenvalue weighted by Gasteiger charge is -2.36. The van der Waals surface area contributed by atoms with Crippen LogP contribution in [0.25, 0.3) is 0 Å². The smallest absolute Gasteiger partial charge is 0.335 e. The lowest BCUT2D eigenvalue weighted by atomic mass is 9.85. The van der Waals surface area contributed by atoms with Gasteiger partial charge in [0.15, 0.2) is 11.5 Å². The summed E-state index contributed by atoms with van der Waals surface area (Å²) in [6.45, 7) is 0.867. The van der Waals surface area contributed by atoms with Gasteiger partial charge in [0.05, 0.1) is 25.8 Å². The Kier molecular flexibility index (Phi) is 7.45. The molecule has 9 heteroatoms. The quantitative estimate of drug-likeness (QED) is 0.431. The number of amides is 2. The third kappa shape index (κ3) is 5.26. The fraction of sp³-hybridized carbons (Fsp3) is 0.250. The molecule has 9 nitrogen and oxygen atoms in total. The zero-order valence-corrected chi connectivity index (χ0v) is 20.9. The number of carbonyl (C=O) groups is 3. The summed E-state index contributed by atoms with van der Waals surface area (Å²) in [6, 6.07) is 15.1. The van der Waals surface area contributed by atoms with Crippen LogP contribution in [0.1, 0.15) is 59.4 Å². The maximum Gasteiger partial charge on any atom is 0.335 e. The minimum atomic E-state index is -0.970. The summed E-state index contributed by atoms with van der Waals surface area (Å²) < 4.78 is 10.5. The fourth-order valence-corrected chi connectivity index (χ4v) is 4.72. The van der Waals surface area contributed by atoms with Gasteiger partial charge >= 0.3 is 5.97 Å². The van der Waals surface area contributed by atoms with Crippen molar-refractivity contribution in [3.8, 4) is 11.5 Å². The molecule has 0 aliphatic carbocycles. The van der Waals surface area contributed by atoms with Crippen LogP contribution in [0.15, 0.2) is 54.6 Å². The third-order valence-corrected chi connectivity index (χ3v) is 6.67. The molecule has 1 unspecified atom stereocenters. The van der Waals surface area contributed by atoms with Crippen molar-refractivity contribution >= 4 is 17.8 Å². The minimum Gasteiger partial charge on any atom is -0.493 e. The van der Waals surface area contributed by atoms with Crippen LogP contribution >= 0.6 is 0 Å². The van der Waals surface area contributed by atoms with E-state index < -0.39 is 11.9 Å². The van der Waals surface area contributed by atoms with E-state index in [1.165, 1.54) is 14.2 Å². The molecule has 4 rings (SSSR count). The van der Waals surface area contributed by atoms with Crippen LogP contribution in [0.3, 0.4) is 0 Å². The zero-order valence-electron chi connectivity index (χ0n) is 20.9. The first-order valence-electron chi connectivity index (χ1n) is 11.7. The van der Waals surface area contributed by atoms with Crippen molar-refractivity contribution in [2.45, 2.75) is 19.0 Å². The minimum absolute atomic E-state index is 0.149. The molecule has 4 N–H and O–H groups in total. The van der Waals surface area contributed by atoms with Gasteiger partial charge in [-0.2, -0.15) is 0 Å². The number of nitrogens with two attached hydrogens (primary N) is 1. The van der Waals surface area contributed by atoms with E-state index in [-0.39, 0.29) is 24.1 Å². The van der Waals surface area contributed by atoms with Gasteiger partial charge in [0.1, 0.15) is 0 Å². The van der Waals surface area contributed by atoms with Crippen molar-refractivity contribution in [3.05, 3.63) is 93.5 Å². The number of primary amides is 1. The number of carboxylic acids is 1. The number of fused-ring (bicyclic) bond motifs is 1. The third-order valence-electron chi connectivity index (χ3n) is 6.67. The van der Waals surface area contributed by atoms with E-state index in [0.29, 0.717) is 29.0 Å². The summed E-state index contributed by atoms with van der Waals surface area (Å²) in [5.74, 6) is -0.904. The van der Waals surface area contributed by atoms with Gasteiger partial charge in [-0.05, 0) is 78.2 Å². The van der Waals surface area contributed by atoms with Crippen LogP contribution in [-0.2, 0) is 13.0 Å². The first kappa shape index (κ1) is 25.7. The second kappa shape index (κ2) is 10.7. The summed E-state index contributed by atoms with van der Waals surface area (Å²) >= 11 is 0. The Balaban J connectivity index is 1.69. The second-order valence-electron chi connectivity index (χ2n) is 8.88. The van der Waals surface area contributed by atoms with Gasteiger partial charge in [0, 0.05) is 24.2 Å². The Morgan fingerprint density at radius 1 is 0.946 bits per heavy atom. The Bertz CT molecular complexity index is 1370. The van der Waals surface area contributed by atoms with Gasteiger partial charge in [0.25, 0.3) is 5.91 Å². The van der Waals surface area contributed by atoms with Crippen molar-refractivity contribution in [1.29, 1.82) is 0 Å². The van der Waals surface area contributed by atoms with Crippen LogP contribution in [0.2, 0.25) is 0 Å². The molecule has 1 aliphatic heterocycles. The predicted octanol–water partition coefficient (Wildman–Crippen LogP) is 3.01. The van der Waals surface area contributed by atoms with Gasteiger partial charge in [0.2, 0.25) is 5.91 Å². The van der Waals surface area contributed by atoms with Crippen LogP contribution in [-0.4, -0.2) is 55.6 Å². The van der Waals surface area contributed by atoms with Crippen molar-refractivity contribution in [2.75, 3.05) is 27.8 Å². The van der Waals surface area contributed by atoms with E-state index in [4.69, 9.17) is 15.2 Å². The number of ether oxygens (including phenoxy) is 2. The van der Waals surface area contributed by atoms with Gasteiger partial charge < -0.3 is 25.6 Å². The highest BCUT2D eigenvalue weighted by Crippen LogP contribution is 2.36. The normalized spacial score (nSPS) is 14.9. The molecule has 0 saturated carbocycles. The predicted molar refractivity (Wildman–Crippen MR) is 137 cm³/mol. The maximum absolute atomic E-state index is 13.0. The number of hydrogen-bond donors (Lipinski definition) is 3. The number of rotatable bonds is 8. The monoisotopic (exact) mass is 503 g/mol.